The summed E-state index contributed by atoms with van der Waals surface area (Å²) in [4.78, 5) is 4.65. The number of fused-ring (bicyclic) bond motifs is 1. The van der Waals surface area contributed by atoms with Gasteiger partial charge in [-0.1, -0.05) is 18.2 Å². The maximum Gasteiger partial charge on any atom is 0.191 e. The van der Waals surface area contributed by atoms with Crippen molar-refractivity contribution < 1.29 is 13.9 Å². The van der Waals surface area contributed by atoms with Gasteiger partial charge in [-0.05, 0) is 38.8 Å². The lowest BCUT2D eigenvalue weighted by Gasteiger charge is -2.16. The van der Waals surface area contributed by atoms with Crippen LogP contribution in [-0.2, 0) is 9.47 Å². The molecule has 6 nitrogen and oxygen atoms in total. The fourth-order valence-electron chi connectivity index (χ4n) is 3.13. The Morgan fingerprint density at radius 3 is 2.96 bits per heavy atom. The van der Waals surface area contributed by atoms with Crippen molar-refractivity contribution in [2.45, 2.75) is 32.7 Å². The van der Waals surface area contributed by atoms with E-state index in [1.54, 1.807) is 0 Å². The van der Waals surface area contributed by atoms with Crippen LogP contribution >= 0.6 is 24.0 Å². The zero-order valence-electron chi connectivity index (χ0n) is 16.8. The summed E-state index contributed by atoms with van der Waals surface area (Å²) < 4.78 is 17.0. The van der Waals surface area contributed by atoms with Crippen molar-refractivity contribution in [3.8, 4) is 0 Å². The maximum absolute atomic E-state index is 5.94. The number of nitrogens with one attached hydrogen (secondary N) is 2. The van der Waals surface area contributed by atoms with Crippen molar-refractivity contribution in [1.29, 1.82) is 0 Å². The lowest BCUT2D eigenvalue weighted by Crippen LogP contribution is -2.38. The molecule has 1 aliphatic heterocycles. The van der Waals surface area contributed by atoms with Gasteiger partial charge in [-0.3, -0.25) is 4.99 Å². The van der Waals surface area contributed by atoms with Crippen molar-refractivity contribution in [3.63, 3.8) is 0 Å². The molecule has 2 aromatic rings. The Morgan fingerprint density at radius 1 is 1.36 bits per heavy atom. The number of halogens is 1. The molecule has 28 heavy (non-hydrogen) atoms. The molecule has 1 aromatic carbocycles. The summed E-state index contributed by atoms with van der Waals surface area (Å²) in [7, 11) is 0. The number of hydrogen-bond donors (Lipinski definition) is 2. The molecule has 1 fully saturated rings. The van der Waals surface area contributed by atoms with Crippen LogP contribution in [0.5, 0.6) is 0 Å². The number of para-hydroxylation sites is 1. The minimum Gasteiger partial charge on any atom is -0.459 e. The van der Waals surface area contributed by atoms with E-state index in [1.807, 2.05) is 18.2 Å². The number of benzene rings is 1. The van der Waals surface area contributed by atoms with Crippen molar-refractivity contribution in [1.82, 2.24) is 10.6 Å². The lowest BCUT2D eigenvalue weighted by molar-refractivity contribution is 0.0893. The number of ether oxygens (including phenoxy) is 2. The zero-order chi connectivity index (χ0) is 18.9. The molecule has 0 amide bonds. The van der Waals surface area contributed by atoms with Crippen LogP contribution in [0.1, 0.15) is 38.5 Å². The highest BCUT2D eigenvalue weighted by Gasteiger charge is 2.15. The normalized spacial score (nSPS) is 18.1. The minimum atomic E-state index is 0. The molecule has 1 aliphatic rings. The second kappa shape index (κ2) is 12.3. The Hall–Kier alpha value is -1.32. The van der Waals surface area contributed by atoms with Gasteiger partial charge in [0.2, 0.25) is 0 Å². The molecule has 2 heterocycles. The van der Waals surface area contributed by atoms with E-state index in [1.165, 1.54) is 0 Å². The van der Waals surface area contributed by atoms with E-state index in [0.29, 0.717) is 5.92 Å². The molecule has 7 heteroatoms. The highest BCUT2D eigenvalue weighted by atomic mass is 127. The van der Waals surface area contributed by atoms with E-state index in [2.05, 4.69) is 41.6 Å². The summed E-state index contributed by atoms with van der Waals surface area (Å²) in [6.45, 7) is 8.93. The number of furan rings is 1. The van der Waals surface area contributed by atoms with Crippen LogP contribution in [0.3, 0.4) is 0 Å². The fourth-order valence-corrected chi connectivity index (χ4v) is 3.13. The second-order valence-electron chi connectivity index (χ2n) is 6.97. The summed E-state index contributed by atoms with van der Waals surface area (Å²) >= 11 is 0. The summed E-state index contributed by atoms with van der Waals surface area (Å²) in [6, 6.07) is 10.2. The molecule has 1 saturated heterocycles. The van der Waals surface area contributed by atoms with Gasteiger partial charge in [-0.15, -0.1) is 24.0 Å². The molecule has 156 valence electrons. The molecule has 0 spiro atoms. The largest absolute Gasteiger partial charge is 0.459 e. The Bertz CT molecular complexity index is 696. The number of hydrogen-bond acceptors (Lipinski definition) is 4. The predicted octanol–water partition coefficient (Wildman–Crippen LogP) is 4.11. The quantitative estimate of drug-likeness (QED) is 0.234. The first-order valence-corrected chi connectivity index (χ1v) is 9.95. The van der Waals surface area contributed by atoms with Gasteiger partial charge < -0.3 is 24.5 Å². The number of nitrogens with zero attached hydrogens (tertiary/aromatic N) is 1. The minimum absolute atomic E-state index is 0. The number of aliphatic imine (C=N–C) groups is 1. The number of rotatable bonds is 9. The Labute approximate surface area is 184 Å². The molecular formula is C21H32IN3O3. The van der Waals surface area contributed by atoms with Crippen LogP contribution in [0.2, 0.25) is 0 Å². The second-order valence-corrected chi connectivity index (χ2v) is 6.97. The highest BCUT2D eigenvalue weighted by molar-refractivity contribution is 14.0. The summed E-state index contributed by atoms with van der Waals surface area (Å²) in [5, 5.41) is 7.83. The molecule has 2 N–H and O–H groups in total. The van der Waals surface area contributed by atoms with Crippen LogP contribution in [-0.4, -0.2) is 45.5 Å². The van der Waals surface area contributed by atoms with Crippen molar-refractivity contribution in [2.24, 2.45) is 10.9 Å². The summed E-state index contributed by atoms with van der Waals surface area (Å²) in [6.07, 6.45) is 2.02. The van der Waals surface area contributed by atoms with Gasteiger partial charge in [0.25, 0.3) is 0 Å². The first-order chi connectivity index (χ1) is 13.3. The molecule has 1 aromatic heterocycles. The standard InChI is InChI=1S/C21H31N3O3.HI/c1-3-22-21(23-10-6-11-25-14-17-9-12-26-15-17)24-16(2)20-13-18-7-4-5-8-19(18)27-20;/h4-5,7-8,13,16-17H,3,6,9-12,14-15H2,1-2H3,(H2,22,23,24);1H. The fraction of sp³-hybridized carbons (Fsp3) is 0.571. The van der Waals surface area contributed by atoms with Crippen LogP contribution in [0.25, 0.3) is 11.0 Å². The molecular weight excluding hydrogens is 469 g/mol. The third kappa shape index (κ3) is 6.93. The van der Waals surface area contributed by atoms with Gasteiger partial charge in [-0.2, -0.15) is 0 Å². The average Bonchev–Trinajstić information content (AvgIpc) is 3.33. The lowest BCUT2D eigenvalue weighted by atomic mass is 10.1. The van der Waals surface area contributed by atoms with Crippen molar-refractivity contribution in [3.05, 3.63) is 36.1 Å². The third-order valence-corrected chi connectivity index (χ3v) is 4.66. The van der Waals surface area contributed by atoms with E-state index >= 15 is 0 Å². The zero-order valence-corrected chi connectivity index (χ0v) is 19.1. The monoisotopic (exact) mass is 501 g/mol. The maximum atomic E-state index is 5.94. The first kappa shape index (κ1) is 23.0. The third-order valence-electron chi connectivity index (χ3n) is 4.66. The predicted molar refractivity (Wildman–Crippen MR) is 124 cm³/mol. The van der Waals surface area contributed by atoms with E-state index < -0.39 is 0 Å². The van der Waals surface area contributed by atoms with E-state index in [9.17, 15) is 0 Å². The SMILES string of the molecule is CCNC(=NCCCOCC1CCOC1)NC(C)c1cc2ccccc2o1.I. The van der Waals surface area contributed by atoms with Crippen LogP contribution in [0, 0.1) is 5.92 Å². The van der Waals surface area contributed by atoms with Gasteiger partial charge in [-0.25, -0.2) is 0 Å². The van der Waals surface area contributed by atoms with E-state index in [4.69, 9.17) is 13.9 Å². The first-order valence-electron chi connectivity index (χ1n) is 9.95. The molecule has 2 unspecified atom stereocenters. The topological polar surface area (TPSA) is 68.0 Å². The van der Waals surface area contributed by atoms with E-state index in [-0.39, 0.29) is 30.0 Å². The van der Waals surface area contributed by atoms with E-state index in [0.717, 1.165) is 75.0 Å². The number of guanidine groups is 1. The molecule has 2 atom stereocenters. The van der Waals surface area contributed by atoms with Crippen molar-refractivity contribution >= 4 is 40.9 Å². The van der Waals surface area contributed by atoms with Crippen molar-refractivity contribution in [2.75, 3.05) is 39.5 Å². The Morgan fingerprint density at radius 2 is 2.21 bits per heavy atom. The van der Waals surface area contributed by atoms with Crippen LogP contribution < -0.4 is 10.6 Å². The smallest absolute Gasteiger partial charge is 0.191 e. The van der Waals surface area contributed by atoms with Gasteiger partial charge in [0, 0.05) is 37.6 Å². The van der Waals surface area contributed by atoms with Gasteiger partial charge in [0.15, 0.2) is 5.96 Å². The molecule has 0 bridgehead atoms. The summed E-state index contributed by atoms with van der Waals surface area (Å²) in [5.74, 6) is 2.27. The highest BCUT2D eigenvalue weighted by Crippen LogP contribution is 2.23. The Kier molecular flexibility index (Phi) is 10.1. The average molecular weight is 501 g/mol. The van der Waals surface area contributed by atoms with Gasteiger partial charge >= 0.3 is 0 Å². The van der Waals surface area contributed by atoms with Crippen LogP contribution in [0.15, 0.2) is 39.7 Å². The molecule has 0 saturated carbocycles. The van der Waals surface area contributed by atoms with Crippen LogP contribution in [0.4, 0.5) is 0 Å². The van der Waals surface area contributed by atoms with Gasteiger partial charge in [0.05, 0.1) is 19.3 Å². The molecule has 3 rings (SSSR count). The molecule has 0 radical (unpaired) electrons. The Balaban J connectivity index is 0.00000280. The molecule has 0 aliphatic carbocycles. The summed E-state index contributed by atoms with van der Waals surface area (Å²) in [5.41, 5.74) is 0.910. The van der Waals surface area contributed by atoms with Gasteiger partial charge in [0.1, 0.15) is 11.3 Å².